The van der Waals surface area contributed by atoms with Gasteiger partial charge in [0, 0.05) is 43.0 Å². The molecule has 30 heavy (non-hydrogen) atoms. The number of piperazine rings is 1. The number of para-hydroxylation sites is 1. The van der Waals surface area contributed by atoms with E-state index in [-0.39, 0.29) is 5.78 Å². The predicted octanol–water partition coefficient (Wildman–Crippen LogP) is 4.58. The van der Waals surface area contributed by atoms with Crippen LogP contribution in [0.1, 0.15) is 21.5 Å². The molecule has 3 aromatic rings. The van der Waals surface area contributed by atoms with Crippen molar-refractivity contribution < 1.29 is 9.53 Å². The topological polar surface area (TPSA) is 32.8 Å². The Balaban J connectivity index is 1.51. The molecule has 1 aliphatic carbocycles. The van der Waals surface area contributed by atoms with Crippen LogP contribution in [-0.4, -0.2) is 44.0 Å². The number of ether oxygens (including phenoxy) is 1. The maximum atomic E-state index is 13.4. The molecule has 1 saturated heterocycles. The highest BCUT2D eigenvalue weighted by atomic mass is 16.5. The number of carbonyl (C=O) groups is 1. The van der Waals surface area contributed by atoms with Crippen LogP contribution in [0.5, 0.6) is 5.75 Å². The number of hydrogen-bond donors (Lipinski definition) is 0. The minimum atomic E-state index is 0.108. The van der Waals surface area contributed by atoms with Gasteiger partial charge in [-0.3, -0.25) is 4.79 Å². The minimum Gasteiger partial charge on any atom is -0.497 e. The predicted molar refractivity (Wildman–Crippen MR) is 121 cm³/mol. The van der Waals surface area contributed by atoms with Gasteiger partial charge in [-0.1, -0.05) is 54.6 Å². The number of carbonyl (C=O) groups excluding carboxylic acids is 1. The van der Waals surface area contributed by atoms with E-state index in [1.54, 1.807) is 7.11 Å². The van der Waals surface area contributed by atoms with E-state index in [0.29, 0.717) is 0 Å². The van der Waals surface area contributed by atoms with Crippen molar-refractivity contribution >= 4 is 22.7 Å². The SMILES string of the molecule is COc1ccc(C2=C(N3CCN(c4ccccc4)CC3)c3ccccc3C2=O)cc1. The number of Topliss-reactive ketones (excluding diaryl/α,β-unsaturated/α-hetero) is 1. The zero-order chi connectivity index (χ0) is 20.5. The number of methoxy groups -OCH3 is 1. The first-order chi connectivity index (χ1) is 14.8. The van der Waals surface area contributed by atoms with E-state index in [1.807, 2.05) is 48.5 Å². The minimum absolute atomic E-state index is 0.108. The highest BCUT2D eigenvalue weighted by Gasteiger charge is 2.34. The van der Waals surface area contributed by atoms with Gasteiger partial charge < -0.3 is 14.5 Å². The van der Waals surface area contributed by atoms with E-state index in [1.165, 1.54) is 5.69 Å². The molecule has 0 unspecified atom stereocenters. The van der Waals surface area contributed by atoms with Gasteiger partial charge in [0.25, 0.3) is 0 Å². The van der Waals surface area contributed by atoms with Gasteiger partial charge >= 0.3 is 0 Å². The summed E-state index contributed by atoms with van der Waals surface area (Å²) in [5.74, 6) is 0.900. The first-order valence-electron chi connectivity index (χ1n) is 10.3. The van der Waals surface area contributed by atoms with Crippen LogP contribution >= 0.6 is 0 Å². The largest absolute Gasteiger partial charge is 0.497 e. The third-order valence-corrected chi connectivity index (χ3v) is 5.99. The number of ketones is 1. The number of anilines is 1. The van der Waals surface area contributed by atoms with Crippen molar-refractivity contribution in [1.29, 1.82) is 0 Å². The lowest BCUT2D eigenvalue weighted by Gasteiger charge is -2.38. The summed E-state index contributed by atoms with van der Waals surface area (Å²) in [5.41, 5.74) is 5.90. The summed E-state index contributed by atoms with van der Waals surface area (Å²) in [6, 6.07) is 26.3. The summed E-state index contributed by atoms with van der Waals surface area (Å²) < 4.78 is 5.30. The molecule has 1 fully saturated rings. The number of nitrogens with zero attached hydrogens (tertiary/aromatic N) is 2. The smallest absolute Gasteiger partial charge is 0.196 e. The van der Waals surface area contributed by atoms with Crippen molar-refractivity contribution in [2.24, 2.45) is 0 Å². The first-order valence-corrected chi connectivity index (χ1v) is 10.3. The second-order valence-corrected chi connectivity index (χ2v) is 7.64. The van der Waals surface area contributed by atoms with Crippen molar-refractivity contribution in [3.8, 4) is 5.75 Å². The van der Waals surface area contributed by atoms with Gasteiger partial charge in [0.05, 0.1) is 18.4 Å². The van der Waals surface area contributed by atoms with E-state index < -0.39 is 0 Å². The van der Waals surface area contributed by atoms with Crippen LogP contribution in [-0.2, 0) is 0 Å². The molecule has 4 heteroatoms. The molecule has 0 radical (unpaired) electrons. The fourth-order valence-corrected chi connectivity index (χ4v) is 4.45. The van der Waals surface area contributed by atoms with Crippen molar-refractivity contribution in [3.63, 3.8) is 0 Å². The molecule has 4 nitrogen and oxygen atoms in total. The van der Waals surface area contributed by atoms with Crippen molar-refractivity contribution in [3.05, 3.63) is 95.6 Å². The second-order valence-electron chi connectivity index (χ2n) is 7.64. The van der Waals surface area contributed by atoms with Crippen LogP contribution in [0.25, 0.3) is 11.3 Å². The van der Waals surface area contributed by atoms with Crippen LogP contribution in [0.15, 0.2) is 78.9 Å². The molecule has 0 amide bonds. The Labute approximate surface area is 177 Å². The normalized spacial score (nSPS) is 16.1. The average Bonchev–Trinajstić information content (AvgIpc) is 3.12. The molecule has 2 aliphatic rings. The van der Waals surface area contributed by atoms with E-state index >= 15 is 0 Å². The van der Waals surface area contributed by atoms with Crippen molar-refractivity contribution in [2.75, 3.05) is 38.2 Å². The third-order valence-electron chi connectivity index (χ3n) is 5.99. The van der Waals surface area contributed by atoms with Gasteiger partial charge in [-0.2, -0.15) is 0 Å². The van der Waals surface area contributed by atoms with Crippen LogP contribution in [0.2, 0.25) is 0 Å². The van der Waals surface area contributed by atoms with E-state index in [0.717, 1.165) is 59.9 Å². The number of fused-ring (bicyclic) bond motifs is 1. The average molecular weight is 396 g/mol. The summed E-state index contributed by atoms with van der Waals surface area (Å²) in [7, 11) is 1.66. The quantitative estimate of drug-likeness (QED) is 0.646. The van der Waals surface area contributed by atoms with Crippen molar-refractivity contribution in [2.45, 2.75) is 0 Å². The molecule has 150 valence electrons. The van der Waals surface area contributed by atoms with Gasteiger partial charge in [0.1, 0.15) is 5.75 Å². The summed E-state index contributed by atoms with van der Waals surface area (Å²) >= 11 is 0. The first kappa shape index (κ1) is 18.5. The zero-order valence-corrected chi connectivity index (χ0v) is 17.0. The molecule has 3 aromatic carbocycles. The molecule has 1 heterocycles. The maximum Gasteiger partial charge on any atom is 0.196 e. The Kier molecular flexibility index (Phi) is 4.75. The number of benzene rings is 3. The summed E-state index contributed by atoms with van der Waals surface area (Å²) in [5, 5.41) is 0. The lowest BCUT2D eigenvalue weighted by atomic mass is 10.0. The fourth-order valence-electron chi connectivity index (χ4n) is 4.45. The Morgan fingerprint density at radius 2 is 1.30 bits per heavy atom. The molecule has 0 atom stereocenters. The fraction of sp³-hybridized carbons (Fsp3) is 0.192. The van der Waals surface area contributed by atoms with E-state index in [9.17, 15) is 4.79 Å². The molecule has 0 aromatic heterocycles. The lowest BCUT2D eigenvalue weighted by Crippen LogP contribution is -2.45. The number of hydrogen-bond acceptors (Lipinski definition) is 4. The number of rotatable bonds is 4. The highest BCUT2D eigenvalue weighted by Crippen LogP contribution is 2.41. The lowest BCUT2D eigenvalue weighted by molar-refractivity contribution is 0.105. The monoisotopic (exact) mass is 396 g/mol. The molecule has 1 aliphatic heterocycles. The molecule has 5 rings (SSSR count). The van der Waals surface area contributed by atoms with Crippen LogP contribution in [0.3, 0.4) is 0 Å². The van der Waals surface area contributed by atoms with Gasteiger partial charge in [-0.25, -0.2) is 0 Å². The second kappa shape index (κ2) is 7.71. The Morgan fingerprint density at radius 3 is 1.97 bits per heavy atom. The summed E-state index contributed by atoms with van der Waals surface area (Å²) in [4.78, 5) is 18.2. The molecule has 0 bridgehead atoms. The van der Waals surface area contributed by atoms with Crippen LogP contribution < -0.4 is 9.64 Å². The van der Waals surface area contributed by atoms with Crippen molar-refractivity contribution in [1.82, 2.24) is 4.90 Å². The van der Waals surface area contributed by atoms with Gasteiger partial charge in [0.2, 0.25) is 0 Å². The summed E-state index contributed by atoms with van der Waals surface area (Å²) in [6.45, 7) is 3.62. The Bertz CT molecular complexity index is 1100. The molecule has 0 spiro atoms. The van der Waals surface area contributed by atoms with E-state index in [2.05, 4.69) is 40.1 Å². The third kappa shape index (κ3) is 3.14. The highest BCUT2D eigenvalue weighted by molar-refractivity contribution is 6.39. The molecule has 0 N–H and O–H groups in total. The van der Waals surface area contributed by atoms with Crippen LogP contribution in [0.4, 0.5) is 5.69 Å². The van der Waals surface area contributed by atoms with Gasteiger partial charge in [0.15, 0.2) is 5.78 Å². The standard InChI is InChI=1S/C26H24N2O2/c1-30-21-13-11-19(12-14-21)24-25(22-9-5-6-10-23(22)26(24)29)28-17-15-27(16-18-28)20-7-3-2-4-8-20/h2-14H,15-18H2,1H3. The zero-order valence-electron chi connectivity index (χ0n) is 17.0. The number of allylic oxidation sites excluding steroid dienone is 1. The van der Waals surface area contributed by atoms with Gasteiger partial charge in [-0.15, -0.1) is 0 Å². The van der Waals surface area contributed by atoms with E-state index in [4.69, 9.17) is 4.74 Å². The molecular formula is C26H24N2O2. The van der Waals surface area contributed by atoms with Crippen LogP contribution in [0, 0.1) is 0 Å². The molecule has 0 saturated carbocycles. The molecular weight excluding hydrogens is 372 g/mol. The Hall–Kier alpha value is -3.53. The Morgan fingerprint density at radius 1 is 0.700 bits per heavy atom. The van der Waals surface area contributed by atoms with Gasteiger partial charge in [-0.05, 0) is 29.8 Å². The summed E-state index contributed by atoms with van der Waals surface area (Å²) in [6.07, 6.45) is 0. The maximum absolute atomic E-state index is 13.4.